The maximum Gasteiger partial charge on any atom is 0.323 e. The van der Waals surface area contributed by atoms with E-state index in [1.165, 1.54) is 19.2 Å². The molecule has 0 spiro atoms. The predicted molar refractivity (Wildman–Crippen MR) is 101 cm³/mol. The monoisotopic (exact) mass is 454 g/mol. The molecule has 1 fully saturated rings. The molecule has 1 saturated heterocycles. The quantitative estimate of drug-likeness (QED) is 0.488. The van der Waals surface area contributed by atoms with Crippen LogP contribution < -0.4 is 0 Å². The number of carbonyl (C=O) groups is 1. The Morgan fingerprint density at radius 1 is 1.30 bits per heavy atom. The van der Waals surface area contributed by atoms with Crippen molar-refractivity contribution in [2.45, 2.75) is 30.0 Å². The Morgan fingerprint density at radius 3 is 2.67 bits per heavy atom. The van der Waals surface area contributed by atoms with Crippen LogP contribution in [0.2, 0.25) is 0 Å². The highest BCUT2D eigenvalue weighted by Gasteiger charge is 2.40. The van der Waals surface area contributed by atoms with Gasteiger partial charge in [-0.2, -0.15) is 8.42 Å². The van der Waals surface area contributed by atoms with Crippen LogP contribution in [0.5, 0.6) is 0 Å². The highest BCUT2D eigenvalue weighted by Crippen LogP contribution is 2.27. The molecular formula is C18H19BrN2O5S. The molecule has 1 aliphatic heterocycles. The third-order valence-electron chi connectivity index (χ3n) is 4.31. The van der Waals surface area contributed by atoms with Crippen LogP contribution in [0.15, 0.2) is 58.2 Å². The molecule has 144 valence electrons. The van der Waals surface area contributed by atoms with E-state index in [0.29, 0.717) is 13.1 Å². The first-order valence-electron chi connectivity index (χ1n) is 8.28. The average Bonchev–Trinajstić information content (AvgIpc) is 3.03. The van der Waals surface area contributed by atoms with Crippen LogP contribution in [-0.4, -0.2) is 50.1 Å². The molecule has 1 aliphatic rings. The van der Waals surface area contributed by atoms with E-state index >= 15 is 0 Å². The molecule has 27 heavy (non-hydrogen) atoms. The number of carbonyl (C=O) groups excluding carboxylic acids is 1. The van der Waals surface area contributed by atoms with Gasteiger partial charge >= 0.3 is 5.97 Å². The molecule has 1 aromatic heterocycles. The Bertz CT molecular complexity index is 890. The first-order valence-corrected chi connectivity index (χ1v) is 10.5. The van der Waals surface area contributed by atoms with Crippen LogP contribution in [0.25, 0.3) is 0 Å². The van der Waals surface area contributed by atoms with Gasteiger partial charge in [0.15, 0.2) is 0 Å². The second-order valence-electron chi connectivity index (χ2n) is 6.19. The third kappa shape index (κ3) is 4.92. The van der Waals surface area contributed by atoms with Crippen molar-refractivity contribution in [3.8, 4) is 0 Å². The highest BCUT2D eigenvalue weighted by molar-refractivity contribution is 9.10. The summed E-state index contributed by atoms with van der Waals surface area (Å²) in [5.41, 5.74) is 0.919. The zero-order valence-corrected chi connectivity index (χ0v) is 17.0. The third-order valence-corrected chi connectivity index (χ3v) is 6.22. The fourth-order valence-electron chi connectivity index (χ4n) is 3.05. The van der Waals surface area contributed by atoms with Crippen LogP contribution in [0.1, 0.15) is 12.0 Å². The second-order valence-corrected chi connectivity index (χ2v) is 8.68. The van der Waals surface area contributed by atoms with Crippen molar-refractivity contribution in [1.29, 1.82) is 0 Å². The molecule has 3 rings (SSSR count). The molecule has 2 aromatic rings. The summed E-state index contributed by atoms with van der Waals surface area (Å²) in [7, 11) is -2.61. The summed E-state index contributed by atoms with van der Waals surface area (Å²) < 4.78 is 36.1. The largest absolute Gasteiger partial charge is 0.468 e. The Morgan fingerprint density at radius 2 is 2.04 bits per heavy atom. The van der Waals surface area contributed by atoms with Crippen molar-refractivity contribution in [3.05, 3.63) is 58.8 Å². The van der Waals surface area contributed by atoms with E-state index < -0.39 is 28.2 Å². The van der Waals surface area contributed by atoms with E-state index in [0.717, 1.165) is 10.0 Å². The zero-order chi connectivity index (χ0) is 19.4. The molecule has 2 atom stereocenters. The van der Waals surface area contributed by atoms with Gasteiger partial charge in [-0.1, -0.05) is 22.0 Å². The molecule has 0 bridgehead atoms. The van der Waals surface area contributed by atoms with Gasteiger partial charge in [-0.15, -0.1) is 0 Å². The van der Waals surface area contributed by atoms with Gasteiger partial charge in [-0.3, -0.25) is 18.9 Å². The standard InChI is InChI=1S/C18H19BrN2O5S/c1-25-18(22)17-9-15(12-21(17)11-13-3-2-8-20-10-13)26-27(23,24)16-6-4-14(19)5-7-16/h2-8,10,15,17H,9,11-12H2,1H3/t15-,17-/m0/s1. The van der Waals surface area contributed by atoms with Gasteiger partial charge in [0.1, 0.15) is 6.04 Å². The number of esters is 1. The summed E-state index contributed by atoms with van der Waals surface area (Å²) in [5, 5.41) is 0. The van der Waals surface area contributed by atoms with Crippen LogP contribution >= 0.6 is 15.9 Å². The summed E-state index contributed by atoms with van der Waals surface area (Å²) in [5.74, 6) is -0.411. The van der Waals surface area contributed by atoms with Gasteiger partial charge in [0, 0.05) is 36.4 Å². The van der Waals surface area contributed by atoms with Crippen LogP contribution in [-0.2, 0) is 30.4 Å². The number of aromatic nitrogens is 1. The van der Waals surface area contributed by atoms with Crippen molar-refractivity contribution in [2.24, 2.45) is 0 Å². The fraction of sp³-hybridized carbons (Fsp3) is 0.333. The molecule has 2 heterocycles. The molecule has 0 radical (unpaired) electrons. The maximum atomic E-state index is 12.5. The lowest BCUT2D eigenvalue weighted by molar-refractivity contribution is -0.146. The number of nitrogens with zero attached hydrogens (tertiary/aromatic N) is 2. The summed E-state index contributed by atoms with van der Waals surface area (Å²) in [6.45, 7) is 0.746. The maximum absolute atomic E-state index is 12.5. The van der Waals surface area contributed by atoms with E-state index in [2.05, 4.69) is 20.9 Å². The molecule has 0 saturated carbocycles. The normalized spacial score (nSPS) is 20.5. The smallest absolute Gasteiger partial charge is 0.323 e. The minimum Gasteiger partial charge on any atom is -0.468 e. The number of hydrogen-bond acceptors (Lipinski definition) is 7. The van der Waals surface area contributed by atoms with Crippen LogP contribution in [0, 0.1) is 0 Å². The first-order chi connectivity index (χ1) is 12.9. The Balaban J connectivity index is 1.75. The van der Waals surface area contributed by atoms with E-state index in [1.807, 2.05) is 17.0 Å². The number of hydrogen-bond donors (Lipinski definition) is 0. The van der Waals surface area contributed by atoms with Crippen molar-refractivity contribution in [2.75, 3.05) is 13.7 Å². The van der Waals surface area contributed by atoms with Gasteiger partial charge in [-0.05, 0) is 35.9 Å². The molecule has 9 heteroatoms. The highest BCUT2D eigenvalue weighted by atomic mass is 79.9. The summed E-state index contributed by atoms with van der Waals surface area (Å²) in [6.07, 6.45) is 2.98. The lowest BCUT2D eigenvalue weighted by atomic mass is 10.2. The van der Waals surface area contributed by atoms with E-state index in [9.17, 15) is 13.2 Å². The second kappa shape index (κ2) is 8.47. The summed E-state index contributed by atoms with van der Waals surface area (Å²) in [4.78, 5) is 18.1. The van der Waals surface area contributed by atoms with Crippen molar-refractivity contribution in [3.63, 3.8) is 0 Å². The molecule has 1 aromatic carbocycles. The molecule has 0 amide bonds. The lowest BCUT2D eigenvalue weighted by Crippen LogP contribution is -2.36. The molecule has 0 N–H and O–H groups in total. The summed E-state index contributed by atoms with van der Waals surface area (Å²) >= 11 is 3.27. The number of rotatable bonds is 6. The first kappa shape index (κ1) is 19.9. The minimum atomic E-state index is -3.92. The lowest BCUT2D eigenvalue weighted by Gasteiger charge is -2.21. The van der Waals surface area contributed by atoms with Crippen molar-refractivity contribution in [1.82, 2.24) is 9.88 Å². The zero-order valence-electron chi connectivity index (χ0n) is 14.6. The van der Waals surface area contributed by atoms with Crippen LogP contribution in [0.4, 0.5) is 0 Å². The van der Waals surface area contributed by atoms with Crippen LogP contribution in [0.3, 0.4) is 0 Å². The Hall–Kier alpha value is -1.81. The number of halogens is 1. The molecule has 0 aliphatic carbocycles. The van der Waals surface area contributed by atoms with Gasteiger partial charge in [-0.25, -0.2) is 0 Å². The van der Waals surface area contributed by atoms with E-state index in [4.69, 9.17) is 8.92 Å². The number of methoxy groups -OCH3 is 1. The molecule has 0 unspecified atom stereocenters. The van der Waals surface area contributed by atoms with Crippen molar-refractivity contribution >= 4 is 32.0 Å². The Kier molecular flexibility index (Phi) is 6.25. The van der Waals surface area contributed by atoms with E-state index in [1.54, 1.807) is 24.5 Å². The average molecular weight is 455 g/mol. The van der Waals surface area contributed by atoms with E-state index in [-0.39, 0.29) is 11.3 Å². The van der Waals surface area contributed by atoms with Gasteiger partial charge < -0.3 is 4.74 Å². The number of likely N-dealkylation sites (tertiary alicyclic amines) is 1. The number of ether oxygens (including phenoxy) is 1. The minimum absolute atomic E-state index is 0.0750. The number of pyridine rings is 1. The van der Waals surface area contributed by atoms with Gasteiger partial charge in [0.2, 0.25) is 0 Å². The van der Waals surface area contributed by atoms with Gasteiger partial charge in [0.05, 0.1) is 18.1 Å². The fourth-order valence-corrected chi connectivity index (χ4v) is 4.39. The van der Waals surface area contributed by atoms with Crippen molar-refractivity contribution < 1.29 is 22.1 Å². The molecule has 7 nitrogen and oxygen atoms in total. The predicted octanol–water partition coefficient (Wildman–Crippen LogP) is 2.37. The SMILES string of the molecule is COC(=O)[C@@H]1C[C@H](OS(=O)(=O)c2ccc(Br)cc2)CN1Cc1cccnc1. The Labute approximate surface area is 166 Å². The summed E-state index contributed by atoms with van der Waals surface area (Å²) in [6, 6.07) is 9.35. The molecular weight excluding hydrogens is 436 g/mol. The topological polar surface area (TPSA) is 85.8 Å². The van der Waals surface area contributed by atoms with Gasteiger partial charge in [0.25, 0.3) is 10.1 Å². The number of benzene rings is 1.